The average molecular weight is 288 g/mol. The summed E-state index contributed by atoms with van der Waals surface area (Å²) in [5.74, 6) is 0. The van der Waals surface area contributed by atoms with Crippen LogP contribution >= 0.6 is 14.7 Å². The van der Waals surface area contributed by atoms with Crippen molar-refractivity contribution in [3.05, 3.63) is 0 Å². The Morgan fingerprint density at radius 2 is 0.882 bits per heavy atom. The average Bonchev–Trinajstić information content (AvgIpc) is 2.37. The molecule has 0 heterocycles. The molecular formula is C11H30O4P2. The molecule has 0 fully saturated rings. The summed E-state index contributed by atoms with van der Waals surface area (Å²) in [6.45, 7) is 4.02. The maximum atomic E-state index is 5.01. The van der Waals surface area contributed by atoms with Crippen LogP contribution in [-0.2, 0) is 18.1 Å². The van der Waals surface area contributed by atoms with Crippen LogP contribution in [0.25, 0.3) is 0 Å². The zero-order valence-electron chi connectivity index (χ0n) is 11.4. The SMILES string of the molecule is C.C=P(CC)(OC)OC.C=P(CC)(OC)OC. The van der Waals surface area contributed by atoms with Gasteiger partial charge in [-0.3, -0.25) is 0 Å². The van der Waals surface area contributed by atoms with Gasteiger partial charge in [0.25, 0.3) is 0 Å². The summed E-state index contributed by atoms with van der Waals surface area (Å²) in [6, 6.07) is 0. The Morgan fingerprint density at radius 1 is 0.706 bits per heavy atom. The van der Waals surface area contributed by atoms with Crippen LogP contribution in [0.4, 0.5) is 0 Å². The summed E-state index contributed by atoms with van der Waals surface area (Å²) in [6.07, 6.45) is 9.33. The fourth-order valence-electron chi connectivity index (χ4n) is 0.665. The lowest BCUT2D eigenvalue weighted by Gasteiger charge is -2.16. The monoisotopic (exact) mass is 288 g/mol. The molecule has 17 heavy (non-hydrogen) atoms. The van der Waals surface area contributed by atoms with E-state index >= 15 is 0 Å². The van der Waals surface area contributed by atoms with Gasteiger partial charge in [0.05, 0.1) is 0 Å². The predicted octanol–water partition coefficient (Wildman–Crippen LogP) is 3.79. The van der Waals surface area contributed by atoms with E-state index in [-0.39, 0.29) is 7.43 Å². The van der Waals surface area contributed by atoms with Crippen LogP contribution in [0, 0.1) is 0 Å². The smallest absolute Gasteiger partial charge is 0.116 e. The van der Waals surface area contributed by atoms with Crippen molar-refractivity contribution in [3.8, 4) is 0 Å². The second-order valence-electron chi connectivity index (χ2n) is 2.99. The molecule has 6 heteroatoms. The third kappa shape index (κ3) is 10.1. The summed E-state index contributed by atoms with van der Waals surface area (Å²) in [5, 5.41) is 0. The van der Waals surface area contributed by atoms with E-state index in [1.165, 1.54) is 0 Å². The molecule has 0 aromatic heterocycles. The first-order valence-electron chi connectivity index (χ1n) is 5.04. The summed E-state index contributed by atoms with van der Waals surface area (Å²) in [4.78, 5) is 0. The molecule has 0 aliphatic rings. The first-order valence-corrected chi connectivity index (χ1v) is 9.03. The molecule has 108 valence electrons. The van der Waals surface area contributed by atoms with E-state index < -0.39 is 14.7 Å². The van der Waals surface area contributed by atoms with Gasteiger partial charge in [0.2, 0.25) is 0 Å². The first kappa shape index (κ1) is 22.6. The first-order chi connectivity index (χ1) is 7.36. The van der Waals surface area contributed by atoms with Crippen LogP contribution < -0.4 is 0 Å². The summed E-state index contributed by atoms with van der Waals surface area (Å²) >= 11 is 0. The van der Waals surface area contributed by atoms with E-state index in [4.69, 9.17) is 18.1 Å². The normalized spacial score (nSPS) is 11.2. The van der Waals surface area contributed by atoms with E-state index in [0.717, 1.165) is 12.3 Å². The van der Waals surface area contributed by atoms with Gasteiger partial charge < -0.3 is 18.1 Å². The molecule has 0 N–H and O–H groups in total. The highest BCUT2D eigenvalue weighted by Gasteiger charge is 2.06. The Labute approximate surface area is 108 Å². The molecule has 0 amide bonds. The molecule has 0 rings (SSSR count). The number of hydrogen-bond donors (Lipinski definition) is 0. The molecule has 0 aromatic carbocycles. The molecule has 0 radical (unpaired) electrons. The van der Waals surface area contributed by atoms with Crippen LogP contribution in [0.15, 0.2) is 0 Å². The van der Waals surface area contributed by atoms with E-state index in [9.17, 15) is 0 Å². The van der Waals surface area contributed by atoms with E-state index in [2.05, 4.69) is 12.6 Å². The standard InChI is InChI=1S/2C5H13O2P.CH4/c2*1-5-8(4,6-2)7-3;/h2*4-5H2,1-3H3;1H4. The Balaban J connectivity index is -0.000000218. The van der Waals surface area contributed by atoms with Crippen LogP contribution in [0.2, 0.25) is 0 Å². The molecule has 4 nitrogen and oxygen atoms in total. The van der Waals surface area contributed by atoms with Gasteiger partial charge in [0, 0.05) is 40.8 Å². The second-order valence-corrected chi connectivity index (χ2v) is 8.98. The Hall–Kier alpha value is 0.440. The molecule has 0 bridgehead atoms. The van der Waals surface area contributed by atoms with Gasteiger partial charge in [-0.15, -0.1) is 0 Å². The van der Waals surface area contributed by atoms with E-state index in [0.29, 0.717) is 0 Å². The highest BCUT2D eigenvalue weighted by Crippen LogP contribution is 2.45. The van der Waals surface area contributed by atoms with Gasteiger partial charge in [-0.05, 0) is 0 Å². The molecule has 0 aliphatic carbocycles. The van der Waals surface area contributed by atoms with Gasteiger partial charge in [-0.25, -0.2) is 0 Å². The van der Waals surface area contributed by atoms with Gasteiger partial charge >= 0.3 is 0 Å². The Morgan fingerprint density at radius 3 is 0.882 bits per heavy atom. The predicted molar refractivity (Wildman–Crippen MR) is 83.9 cm³/mol. The van der Waals surface area contributed by atoms with Gasteiger partial charge in [-0.1, -0.05) is 33.9 Å². The van der Waals surface area contributed by atoms with Crippen molar-refractivity contribution in [1.29, 1.82) is 0 Å². The van der Waals surface area contributed by atoms with Gasteiger partial charge in [0.1, 0.15) is 14.7 Å². The van der Waals surface area contributed by atoms with Crippen molar-refractivity contribution >= 4 is 27.3 Å². The van der Waals surface area contributed by atoms with Crippen LogP contribution in [0.3, 0.4) is 0 Å². The van der Waals surface area contributed by atoms with Crippen LogP contribution in [-0.4, -0.2) is 53.4 Å². The number of rotatable bonds is 6. The molecule has 0 saturated heterocycles. The lowest BCUT2D eigenvalue weighted by atomic mass is 11.0. The summed E-state index contributed by atoms with van der Waals surface area (Å²) < 4.78 is 20.1. The van der Waals surface area contributed by atoms with Crippen LogP contribution in [0.1, 0.15) is 21.3 Å². The van der Waals surface area contributed by atoms with Crippen molar-refractivity contribution in [3.63, 3.8) is 0 Å². The number of hydrogen-bond acceptors (Lipinski definition) is 4. The topological polar surface area (TPSA) is 36.9 Å². The lowest BCUT2D eigenvalue weighted by Crippen LogP contribution is -1.90. The maximum Gasteiger partial charge on any atom is 0.116 e. The molecule has 0 spiro atoms. The van der Waals surface area contributed by atoms with Crippen molar-refractivity contribution in [2.75, 3.05) is 40.8 Å². The fourth-order valence-corrected chi connectivity index (χ4v) is 2.00. The second kappa shape index (κ2) is 11.5. The third-order valence-electron chi connectivity index (χ3n) is 2.29. The fraction of sp³-hybridized carbons (Fsp3) is 0.818. The van der Waals surface area contributed by atoms with Crippen LogP contribution in [0.5, 0.6) is 0 Å². The lowest BCUT2D eigenvalue weighted by molar-refractivity contribution is 0.336. The van der Waals surface area contributed by atoms with Crippen molar-refractivity contribution < 1.29 is 18.1 Å². The molecular weight excluding hydrogens is 258 g/mol. The highest BCUT2D eigenvalue weighted by molar-refractivity contribution is 7.64. The minimum absolute atomic E-state index is 0. The summed E-state index contributed by atoms with van der Waals surface area (Å²) in [5.41, 5.74) is 0. The minimum atomic E-state index is -1.66. The minimum Gasteiger partial charge on any atom is -0.341 e. The maximum absolute atomic E-state index is 5.01. The van der Waals surface area contributed by atoms with Gasteiger partial charge in [-0.2, -0.15) is 0 Å². The van der Waals surface area contributed by atoms with E-state index in [1.54, 1.807) is 28.4 Å². The van der Waals surface area contributed by atoms with E-state index in [1.807, 2.05) is 13.8 Å². The largest absolute Gasteiger partial charge is 0.341 e. The highest BCUT2D eigenvalue weighted by atomic mass is 31.2. The Bertz CT molecular complexity index is 190. The molecule has 0 saturated carbocycles. The molecule has 0 atom stereocenters. The Kier molecular flexibility index (Phi) is 15.3. The van der Waals surface area contributed by atoms with Gasteiger partial charge in [0.15, 0.2) is 0 Å². The van der Waals surface area contributed by atoms with Crippen molar-refractivity contribution in [2.45, 2.75) is 21.3 Å². The molecule has 0 aromatic rings. The zero-order chi connectivity index (χ0) is 13.2. The zero-order valence-corrected chi connectivity index (χ0v) is 13.1. The molecule has 0 aliphatic heterocycles. The molecule has 0 unspecified atom stereocenters. The van der Waals surface area contributed by atoms with Crippen molar-refractivity contribution in [1.82, 2.24) is 0 Å². The van der Waals surface area contributed by atoms with Crippen molar-refractivity contribution in [2.24, 2.45) is 0 Å². The quantitative estimate of drug-likeness (QED) is 0.697. The third-order valence-corrected chi connectivity index (χ3v) is 6.88. The summed E-state index contributed by atoms with van der Waals surface area (Å²) in [7, 11) is 3.21.